The maximum atomic E-state index is 10.6. The molecule has 0 radical (unpaired) electrons. The van der Waals surface area contributed by atoms with Gasteiger partial charge in [-0.25, -0.2) is 4.79 Å². The van der Waals surface area contributed by atoms with Crippen LogP contribution in [-0.2, 0) is 19.6 Å². The first-order valence-corrected chi connectivity index (χ1v) is 7.01. The average Bonchev–Trinajstić information content (AvgIpc) is 2.38. The molecule has 1 atom stereocenters. The third-order valence-electron chi connectivity index (χ3n) is 2.30. The number of methoxy groups -OCH3 is 1. The van der Waals surface area contributed by atoms with Crippen molar-refractivity contribution >= 4 is 16.1 Å². The van der Waals surface area contributed by atoms with E-state index in [4.69, 9.17) is 15.4 Å². The van der Waals surface area contributed by atoms with E-state index in [1.807, 2.05) is 6.92 Å². The van der Waals surface area contributed by atoms with E-state index >= 15 is 0 Å². The Labute approximate surface area is 118 Å². The number of rotatable bonds is 3. The van der Waals surface area contributed by atoms with Crippen LogP contribution in [-0.4, -0.2) is 43.3 Å². The van der Waals surface area contributed by atoms with Crippen LogP contribution in [0.25, 0.3) is 0 Å². The van der Waals surface area contributed by atoms with E-state index in [1.54, 1.807) is 12.1 Å². The Morgan fingerprint density at radius 2 is 1.80 bits per heavy atom. The van der Waals surface area contributed by atoms with Crippen LogP contribution in [0.2, 0.25) is 0 Å². The van der Waals surface area contributed by atoms with Crippen molar-refractivity contribution in [3.05, 3.63) is 29.8 Å². The lowest BCUT2D eigenvalue weighted by molar-refractivity contribution is -0.147. The molecule has 1 aromatic carbocycles. The highest BCUT2D eigenvalue weighted by Gasteiger charge is 2.27. The van der Waals surface area contributed by atoms with Crippen LogP contribution < -0.4 is 5.73 Å². The highest BCUT2D eigenvalue weighted by atomic mass is 32.2. The molecule has 0 aliphatic heterocycles. The number of nitrogens with two attached hydrogens (primary N) is 1. The van der Waals surface area contributed by atoms with Crippen LogP contribution in [0, 0.1) is 6.92 Å². The molecule has 0 aliphatic rings. The Hall–Kier alpha value is -1.48. The monoisotopic (exact) mass is 305 g/mol. The third-order valence-corrected chi connectivity index (χ3v) is 3.17. The molecule has 0 saturated carbocycles. The second-order valence-corrected chi connectivity index (χ2v) is 5.78. The number of aliphatic hydroxyl groups is 1. The summed E-state index contributed by atoms with van der Waals surface area (Å²) in [6, 6.07) is 5.99. The van der Waals surface area contributed by atoms with Gasteiger partial charge in [-0.1, -0.05) is 17.7 Å². The number of carbonyl (C=O) groups excluding carboxylic acids is 1. The zero-order valence-corrected chi connectivity index (χ0v) is 12.3. The fourth-order valence-corrected chi connectivity index (χ4v) is 1.49. The summed E-state index contributed by atoms with van der Waals surface area (Å²) in [5, 5.41) is 8.47. The van der Waals surface area contributed by atoms with Crippen molar-refractivity contribution < 1.29 is 27.6 Å². The van der Waals surface area contributed by atoms with Gasteiger partial charge in [0.1, 0.15) is 5.54 Å². The van der Waals surface area contributed by atoms with Gasteiger partial charge in [-0.3, -0.25) is 4.55 Å². The van der Waals surface area contributed by atoms with Gasteiger partial charge in [0.15, 0.2) is 0 Å². The predicted molar refractivity (Wildman–Crippen MR) is 72.7 cm³/mol. The highest BCUT2D eigenvalue weighted by molar-refractivity contribution is 7.85. The standard InChI is InChI=1S/C7H8O3S.C5H11NO3/c1-6-2-4-7(5-3-6)11(8,9)10;1-5(6,3-7)4(8)9-2/h2-5H,1H3,(H,8,9,10);7H,3,6H2,1-2H3/t;5-/m.0/s1. The summed E-state index contributed by atoms with van der Waals surface area (Å²) >= 11 is 0. The fraction of sp³-hybridized carbons (Fsp3) is 0.417. The van der Waals surface area contributed by atoms with Crippen LogP contribution in [0.15, 0.2) is 29.2 Å². The zero-order valence-electron chi connectivity index (χ0n) is 11.5. The van der Waals surface area contributed by atoms with Crippen LogP contribution in [0.4, 0.5) is 0 Å². The SMILES string of the molecule is COC(=O)[C@@](C)(N)CO.Cc1ccc(S(=O)(=O)O)cc1. The smallest absolute Gasteiger partial charge is 0.327 e. The van der Waals surface area contributed by atoms with Crippen molar-refractivity contribution in [3.8, 4) is 0 Å². The first kappa shape index (κ1) is 18.5. The lowest BCUT2D eigenvalue weighted by Crippen LogP contribution is -2.48. The maximum absolute atomic E-state index is 10.6. The predicted octanol–water partition coefficient (Wildman–Crippen LogP) is 0.111. The first-order chi connectivity index (χ1) is 9.04. The van der Waals surface area contributed by atoms with E-state index in [-0.39, 0.29) is 4.90 Å². The molecule has 0 unspecified atom stereocenters. The van der Waals surface area contributed by atoms with Crippen LogP contribution >= 0.6 is 0 Å². The Kier molecular flexibility index (Phi) is 6.80. The lowest BCUT2D eigenvalue weighted by atomic mass is 10.1. The Bertz CT molecular complexity index is 536. The Balaban J connectivity index is 0.000000370. The largest absolute Gasteiger partial charge is 0.468 e. The van der Waals surface area contributed by atoms with Gasteiger partial charge in [0.25, 0.3) is 10.1 Å². The van der Waals surface area contributed by atoms with Gasteiger partial charge in [0, 0.05) is 0 Å². The quantitative estimate of drug-likeness (QED) is 0.534. The summed E-state index contributed by atoms with van der Waals surface area (Å²) in [6.07, 6.45) is 0. The molecule has 1 rings (SSSR count). The minimum atomic E-state index is -4.02. The number of carbonyl (C=O) groups is 1. The van der Waals surface area contributed by atoms with Gasteiger partial charge in [0.05, 0.1) is 18.6 Å². The summed E-state index contributed by atoms with van der Waals surface area (Å²) in [7, 11) is -2.79. The third kappa shape index (κ3) is 6.11. The van der Waals surface area contributed by atoms with Gasteiger partial charge in [-0.2, -0.15) is 8.42 Å². The van der Waals surface area contributed by atoms with Gasteiger partial charge in [-0.15, -0.1) is 0 Å². The molecule has 1 aromatic rings. The molecule has 0 amide bonds. The fourth-order valence-electron chi connectivity index (χ4n) is 1.01. The Morgan fingerprint density at radius 1 is 1.35 bits per heavy atom. The van der Waals surface area contributed by atoms with Crippen molar-refractivity contribution in [2.45, 2.75) is 24.3 Å². The number of esters is 1. The van der Waals surface area contributed by atoms with Crippen molar-refractivity contribution in [3.63, 3.8) is 0 Å². The number of aliphatic hydroxyl groups excluding tert-OH is 1. The molecule has 0 spiro atoms. The molecule has 20 heavy (non-hydrogen) atoms. The van der Waals surface area contributed by atoms with Crippen molar-refractivity contribution in [1.29, 1.82) is 0 Å². The highest BCUT2D eigenvalue weighted by Crippen LogP contribution is 2.08. The normalized spacial score (nSPS) is 13.7. The molecule has 7 nitrogen and oxygen atoms in total. The molecule has 0 bridgehead atoms. The molecule has 8 heteroatoms. The van der Waals surface area contributed by atoms with Gasteiger partial charge in [0.2, 0.25) is 0 Å². The summed E-state index contributed by atoms with van der Waals surface area (Å²) in [6.45, 7) is 2.84. The van der Waals surface area contributed by atoms with Gasteiger partial charge in [-0.05, 0) is 26.0 Å². The summed E-state index contributed by atoms with van der Waals surface area (Å²) in [5.41, 5.74) is 4.95. The zero-order chi connectivity index (χ0) is 16.0. The summed E-state index contributed by atoms with van der Waals surface area (Å²) in [5.74, 6) is -0.606. The van der Waals surface area contributed by atoms with Gasteiger partial charge >= 0.3 is 5.97 Å². The second kappa shape index (κ2) is 7.34. The maximum Gasteiger partial charge on any atom is 0.327 e. The van der Waals surface area contributed by atoms with Crippen LogP contribution in [0.5, 0.6) is 0 Å². The molecule has 0 aliphatic carbocycles. The van der Waals surface area contributed by atoms with E-state index in [0.717, 1.165) is 5.56 Å². The molecular weight excluding hydrogens is 286 g/mol. The van der Waals surface area contributed by atoms with E-state index < -0.39 is 28.2 Å². The minimum Gasteiger partial charge on any atom is -0.468 e. The topological polar surface area (TPSA) is 127 Å². The molecule has 0 saturated heterocycles. The van der Waals surface area contributed by atoms with E-state index in [0.29, 0.717) is 0 Å². The van der Waals surface area contributed by atoms with Crippen molar-refractivity contribution in [2.75, 3.05) is 13.7 Å². The van der Waals surface area contributed by atoms with Crippen molar-refractivity contribution in [2.24, 2.45) is 5.73 Å². The second-order valence-electron chi connectivity index (χ2n) is 4.36. The summed E-state index contributed by atoms with van der Waals surface area (Å²) in [4.78, 5) is 10.5. The molecule has 0 heterocycles. The Morgan fingerprint density at radius 3 is 2.05 bits per heavy atom. The lowest BCUT2D eigenvalue weighted by Gasteiger charge is -2.17. The molecule has 0 aromatic heterocycles. The molecule has 0 fully saturated rings. The number of aryl methyl sites for hydroxylation is 1. The molecule has 114 valence electrons. The minimum absolute atomic E-state index is 0.0666. The van der Waals surface area contributed by atoms with Gasteiger partial charge < -0.3 is 15.6 Å². The average molecular weight is 305 g/mol. The van der Waals surface area contributed by atoms with E-state index in [1.165, 1.54) is 26.2 Å². The molecular formula is C12H19NO6S. The number of ether oxygens (including phenoxy) is 1. The summed E-state index contributed by atoms with van der Waals surface area (Å²) < 4.78 is 33.8. The van der Waals surface area contributed by atoms with Crippen LogP contribution in [0.1, 0.15) is 12.5 Å². The van der Waals surface area contributed by atoms with Crippen molar-refractivity contribution in [1.82, 2.24) is 0 Å². The number of hydrogen-bond acceptors (Lipinski definition) is 6. The number of hydrogen-bond donors (Lipinski definition) is 3. The molecule has 4 N–H and O–H groups in total. The van der Waals surface area contributed by atoms with E-state index in [2.05, 4.69) is 4.74 Å². The first-order valence-electron chi connectivity index (χ1n) is 5.57. The van der Waals surface area contributed by atoms with E-state index in [9.17, 15) is 13.2 Å². The number of benzene rings is 1. The van der Waals surface area contributed by atoms with Crippen LogP contribution in [0.3, 0.4) is 0 Å².